The van der Waals surface area contributed by atoms with E-state index in [1.807, 2.05) is 0 Å². The van der Waals surface area contributed by atoms with Gasteiger partial charge < -0.3 is 5.32 Å². The third-order valence-corrected chi connectivity index (χ3v) is 5.54. The first kappa shape index (κ1) is 11.4. The van der Waals surface area contributed by atoms with Crippen LogP contribution in [0.25, 0.3) is 0 Å². The molecule has 0 bridgehead atoms. The molecule has 4 nitrogen and oxygen atoms in total. The Labute approximate surface area is 91.9 Å². The van der Waals surface area contributed by atoms with Crippen LogP contribution in [0.4, 0.5) is 0 Å². The maximum atomic E-state index is 11.7. The van der Waals surface area contributed by atoms with Crippen LogP contribution >= 0.6 is 0 Å². The largest absolute Gasteiger partial charge is 0.313 e. The normalized spacial score (nSPS) is 36.5. The van der Waals surface area contributed by atoms with Gasteiger partial charge in [0.15, 0.2) is 0 Å². The second-order valence-electron chi connectivity index (χ2n) is 4.83. The van der Waals surface area contributed by atoms with Crippen LogP contribution in [0.5, 0.6) is 0 Å². The molecule has 0 amide bonds. The molecule has 5 heteroatoms. The fraction of sp³-hybridized carbons (Fsp3) is 1.00. The van der Waals surface area contributed by atoms with Gasteiger partial charge in [-0.3, -0.25) is 0 Å². The Morgan fingerprint density at radius 3 is 2.93 bits per heavy atom. The zero-order chi connectivity index (χ0) is 10.9. The molecule has 1 saturated carbocycles. The van der Waals surface area contributed by atoms with Crippen molar-refractivity contribution in [3.05, 3.63) is 0 Å². The first-order valence-corrected chi connectivity index (χ1v) is 7.38. The Balaban J connectivity index is 2.16. The lowest BCUT2D eigenvalue weighted by molar-refractivity contribution is 0.200. The zero-order valence-electron chi connectivity index (χ0n) is 9.25. The van der Waals surface area contributed by atoms with Crippen molar-refractivity contribution in [2.75, 3.05) is 19.3 Å². The number of rotatable bonds is 3. The van der Waals surface area contributed by atoms with E-state index < -0.39 is 10.0 Å². The van der Waals surface area contributed by atoms with E-state index in [0.717, 1.165) is 25.8 Å². The lowest BCUT2D eigenvalue weighted by Crippen LogP contribution is -2.45. The molecule has 0 aromatic rings. The number of hydrogen-bond acceptors (Lipinski definition) is 3. The van der Waals surface area contributed by atoms with E-state index in [9.17, 15) is 8.42 Å². The van der Waals surface area contributed by atoms with Crippen molar-refractivity contribution in [1.82, 2.24) is 10.0 Å². The maximum Gasteiger partial charge on any atom is 0.211 e. The van der Waals surface area contributed by atoms with E-state index in [0.29, 0.717) is 11.8 Å². The Hall–Kier alpha value is -0.130. The van der Waals surface area contributed by atoms with E-state index in [2.05, 4.69) is 10.0 Å². The van der Waals surface area contributed by atoms with Crippen molar-refractivity contribution >= 4 is 10.0 Å². The summed E-state index contributed by atoms with van der Waals surface area (Å²) in [5, 5.41) is 3.45. The number of sulfonamides is 1. The first-order valence-electron chi connectivity index (χ1n) is 5.73. The molecule has 1 aliphatic carbocycles. The Morgan fingerprint density at radius 1 is 1.40 bits per heavy atom. The van der Waals surface area contributed by atoms with Crippen LogP contribution < -0.4 is 10.0 Å². The van der Waals surface area contributed by atoms with Crippen LogP contribution in [0.3, 0.4) is 0 Å². The summed E-state index contributed by atoms with van der Waals surface area (Å²) in [5.41, 5.74) is 0.0140. The summed E-state index contributed by atoms with van der Waals surface area (Å²) in [5.74, 6) is 0.300. The Bertz CT molecular complexity index is 328. The number of nitrogens with one attached hydrogen (secondary N) is 2. The van der Waals surface area contributed by atoms with Gasteiger partial charge in [-0.05, 0) is 32.9 Å². The summed E-state index contributed by atoms with van der Waals surface area (Å²) in [6, 6.07) is 0.425. The molecule has 0 spiro atoms. The van der Waals surface area contributed by atoms with Gasteiger partial charge in [0.1, 0.15) is 0 Å². The van der Waals surface area contributed by atoms with Crippen molar-refractivity contribution in [1.29, 1.82) is 0 Å². The SMILES string of the molecule is CNS(=O)(=O)CC12CCCCC1NCC2. The van der Waals surface area contributed by atoms with Crippen molar-refractivity contribution in [2.24, 2.45) is 5.41 Å². The molecule has 1 saturated heterocycles. The number of hydrogen-bond donors (Lipinski definition) is 2. The highest BCUT2D eigenvalue weighted by molar-refractivity contribution is 7.89. The van der Waals surface area contributed by atoms with Gasteiger partial charge in [0.2, 0.25) is 10.0 Å². The molecular formula is C10H20N2O2S. The van der Waals surface area contributed by atoms with E-state index in [1.165, 1.54) is 19.9 Å². The van der Waals surface area contributed by atoms with Gasteiger partial charge in [-0.15, -0.1) is 0 Å². The van der Waals surface area contributed by atoms with Gasteiger partial charge in [-0.1, -0.05) is 12.8 Å². The third-order valence-electron chi connectivity index (χ3n) is 3.96. The minimum absolute atomic E-state index is 0.0140. The molecular weight excluding hydrogens is 212 g/mol. The van der Waals surface area contributed by atoms with Crippen LogP contribution in [0.1, 0.15) is 32.1 Å². The molecule has 1 aliphatic heterocycles. The van der Waals surface area contributed by atoms with Crippen LogP contribution in [0.15, 0.2) is 0 Å². The predicted molar refractivity (Wildman–Crippen MR) is 60.2 cm³/mol. The second kappa shape index (κ2) is 4.03. The average Bonchev–Trinajstić information content (AvgIpc) is 2.60. The molecule has 2 N–H and O–H groups in total. The summed E-state index contributed by atoms with van der Waals surface area (Å²) < 4.78 is 25.8. The summed E-state index contributed by atoms with van der Waals surface area (Å²) in [4.78, 5) is 0. The monoisotopic (exact) mass is 232 g/mol. The summed E-state index contributed by atoms with van der Waals surface area (Å²) >= 11 is 0. The molecule has 0 aromatic carbocycles. The summed E-state index contributed by atoms with van der Waals surface area (Å²) in [7, 11) is -1.57. The molecule has 15 heavy (non-hydrogen) atoms. The Morgan fingerprint density at radius 2 is 2.20 bits per heavy atom. The molecule has 2 rings (SSSR count). The fourth-order valence-electron chi connectivity index (χ4n) is 3.11. The molecule has 2 atom stereocenters. The predicted octanol–water partition coefficient (Wildman–Crippen LogP) is 0.458. The lowest BCUT2D eigenvalue weighted by atomic mass is 9.72. The minimum Gasteiger partial charge on any atom is -0.313 e. The highest BCUT2D eigenvalue weighted by atomic mass is 32.2. The van der Waals surface area contributed by atoms with Crippen molar-refractivity contribution in [3.8, 4) is 0 Å². The second-order valence-corrected chi connectivity index (χ2v) is 6.75. The van der Waals surface area contributed by atoms with E-state index in [1.54, 1.807) is 0 Å². The molecule has 1 heterocycles. The smallest absolute Gasteiger partial charge is 0.211 e. The standard InChI is InChI=1S/C10H20N2O2S/c1-11-15(13,14)8-10-5-3-2-4-9(10)12-7-6-10/h9,11-12H,2-8H2,1H3. The zero-order valence-corrected chi connectivity index (χ0v) is 10.1. The molecule has 88 valence electrons. The molecule has 2 unspecified atom stereocenters. The van der Waals surface area contributed by atoms with Gasteiger partial charge in [-0.25, -0.2) is 13.1 Å². The highest BCUT2D eigenvalue weighted by Gasteiger charge is 2.46. The molecule has 0 aromatic heterocycles. The quantitative estimate of drug-likeness (QED) is 0.743. The maximum absolute atomic E-state index is 11.7. The van der Waals surface area contributed by atoms with Crippen LogP contribution in [-0.4, -0.2) is 33.8 Å². The topological polar surface area (TPSA) is 58.2 Å². The van der Waals surface area contributed by atoms with E-state index >= 15 is 0 Å². The third kappa shape index (κ3) is 2.19. The van der Waals surface area contributed by atoms with E-state index in [4.69, 9.17) is 0 Å². The molecule has 2 aliphatic rings. The first-order chi connectivity index (χ1) is 7.08. The van der Waals surface area contributed by atoms with Gasteiger partial charge in [0.25, 0.3) is 0 Å². The lowest BCUT2D eigenvalue weighted by Gasteiger charge is -2.38. The van der Waals surface area contributed by atoms with Gasteiger partial charge in [-0.2, -0.15) is 0 Å². The van der Waals surface area contributed by atoms with Gasteiger partial charge >= 0.3 is 0 Å². The van der Waals surface area contributed by atoms with Gasteiger partial charge in [0, 0.05) is 11.5 Å². The summed E-state index contributed by atoms with van der Waals surface area (Å²) in [6.45, 7) is 0.976. The summed E-state index contributed by atoms with van der Waals surface area (Å²) in [6.07, 6.45) is 5.62. The van der Waals surface area contributed by atoms with Crippen LogP contribution in [0.2, 0.25) is 0 Å². The molecule has 2 fully saturated rings. The van der Waals surface area contributed by atoms with Gasteiger partial charge in [0.05, 0.1) is 5.75 Å². The average molecular weight is 232 g/mol. The highest BCUT2D eigenvalue weighted by Crippen LogP contribution is 2.43. The Kier molecular flexibility index (Phi) is 3.05. The van der Waals surface area contributed by atoms with Crippen LogP contribution in [0, 0.1) is 5.41 Å². The minimum atomic E-state index is -3.07. The fourth-order valence-corrected chi connectivity index (χ4v) is 4.51. The van der Waals surface area contributed by atoms with Crippen molar-refractivity contribution in [3.63, 3.8) is 0 Å². The van der Waals surface area contributed by atoms with Crippen molar-refractivity contribution in [2.45, 2.75) is 38.1 Å². The van der Waals surface area contributed by atoms with Crippen molar-refractivity contribution < 1.29 is 8.42 Å². The van der Waals surface area contributed by atoms with E-state index in [-0.39, 0.29) is 5.41 Å². The van der Waals surface area contributed by atoms with Crippen LogP contribution in [-0.2, 0) is 10.0 Å². The number of fused-ring (bicyclic) bond motifs is 1. The molecule has 0 radical (unpaired) electrons.